The van der Waals surface area contributed by atoms with Crippen LogP contribution in [-0.2, 0) is 11.2 Å². The van der Waals surface area contributed by atoms with Gasteiger partial charge in [0.05, 0.1) is 6.61 Å². The Labute approximate surface area is 108 Å². The van der Waals surface area contributed by atoms with Crippen molar-refractivity contribution in [1.29, 1.82) is 0 Å². The van der Waals surface area contributed by atoms with Gasteiger partial charge in [0.25, 0.3) is 0 Å². The van der Waals surface area contributed by atoms with Crippen LogP contribution in [0, 0.1) is 0 Å². The number of hydrogen-bond acceptors (Lipinski definition) is 4. The molecule has 4 heteroatoms. The summed E-state index contributed by atoms with van der Waals surface area (Å²) in [4.78, 5) is 0. The lowest BCUT2D eigenvalue weighted by Crippen LogP contribution is -2.23. The van der Waals surface area contributed by atoms with Crippen LogP contribution < -0.4 is 10.5 Å². The van der Waals surface area contributed by atoms with Gasteiger partial charge in [-0.1, -0.05) is 12.1 Å². The van der Waals surface area contributed by atoms with Crippen molar-refractivity contribution in [2.24, 2.45) is 5.73 Å². The molecule has 0 radical (unpaired) electrons. The molecule has 0 aromatic heterocycles. The number of fused-ring (bicyclic) bond motifs is 1. The second-order valence-corrected chi connectivity index (χ2v) is 4.59. The van der Waals surface area contributed by atoms with Gasteiger partial charge in [0.2, 0.25) is 0 Å². The third kappa shape index (κ3) is 3.02. The monoisotopic (exact) mass is 251 g/mol. The van der Waals surface area contributed by atoms with Crippen LogP contribution >= 0.6 is 0 Å². The molecule has 1 aromatic rings. The summed E-state index contributed by atoms with van der Waals surface area (Å²) < 4.78 is 10.8. The van der Waals surface area contributed by atoms with Crippen LogP contribution in [0.3, 0.4) is 0 Å². The van der Waals surface area contributed by atoms with Crippen LogP contribution in [0.2, 0.25) is 0 Å². The number of benzene rings is 1. The molecule has 2 rings (SSSR count). The second-order valence-electron chi connectivity index (χ2n) is 4.59. The predicted molar refractivity (Wildman–Crippen MR) is 69.7 cm³/mol. The van der Waals surface area contributed by atoms with Crippen LogP contribution in [-0.4, -0.2) is 31.0 Å². The van der Waals surface area contributed by atoms with Gasteiger partial charge < -0.3 is 20.3 Å². The Morgan fingerprint density at radius 1 is 1.44 bits per heavy atom. The molecule has 3 N–H and O–H groups in total. The lowest BCUT2D eigenvalue weighted by molar-refractivity contribution is 0.0163. The van der Waals surface area contributed by atoms with E-state index in [4.69, 9.17) is 15.2 Å². The molecule has 18 heavy (non-hydrogen) atoms. The van der Waals surface area contributed by atoms with Crippen molar-refractivity contribution >= 4 is 0 Å². The Morgan fingerprint density at radius 2 is 2.28 bits per heavy atom. The van der Waals surface area contributed by atoms with Crippen LogP contribution in [0.4, 0.5) is 0 Å². The minimum absolute atomic E-state index is 0.122. The first-order valence-corrected chi connectivity index (χ1v) is 6.48. The summed E-state index contributed by atoms with van der Waals surface area (Å²) in [6.07, 6.45) is 1.33. The lowest BCUT2D eigenvalue weighted by Gasteiger charge is -2.15. The molecule has 1 aliphatic carbocycles. The highest BCUT2D eigenvalue weighted by molar-refractivity contribution is 5.44. The van der Waals surface area contributed by atoms with Gasteiger partial charge in [-0.25, -0.2) is 0 Å². The number of rotatable bonds is 6. The highest BCUT2D eigenvalue weighted by Crippen LogP contribution is 2.35. The van der Waals surface area contributed by atoms with Crippen LogP contribution in [0.5, 0.6) is 5.75 Å². The first-order chi connectivity index (χ1) is 8.72. The van der Waals surface area contributed by atoms with Crippen molar-refractivity contribution in [3.8, 4) is 5.75 Å². The fraction of sp³-hybridized carbons (Fsp3) is 0.571. The predicted octanol–water partition coefficient (Wildman–Crippen LogP) is 1.41. The maximum absolute atomic E-state index is 9.67. The molecule has 0 aliphatic heterocycles. The summed E-state index contributed by atoms with van der Waals surface area (Å²) >= 11 is 0. The van der Waals surface area contributed by atoms with E-state index in [1.165, 1.54) is 11.1 Å². The molecule has 0 bridgehead atoms. The van der Waals surface area contributed by atoms with E-state index in [-0.39, 0.29) is 12.6 Å². The molecule has 2 atom stereocenters. The van der Waals surface area contributed by atoms with Crippen molar-refractivity contribution < 1.29 is 14.6 Å². The molecule has 1 aliphatic rings. The van der Waals surface area contributed by atoms with Gasteiger partial charge in [-0.3, -0.25) is 0 Å². The molecule has 0 fully saturated rings. The number of hydrogen-bond donors (Lipinski definition) is 2. The Morgan fingerprint density at radius 3 is 3.06 bits per heavy atom. The van der Waals surface area contributed by atoms with E-state index in [2.05, 4.69) is 6.07 Å². The largest absolute Gasteiger partial charge is 0.491 e. The van der Waals surface area contributed by atoms with E-state index in [1.54, 1.807) is 0 Å². The molecule has 0 heterocycles. The van der Waals surface area contributed by atoms with Crippen molar-refractivity contribution in [3.63, 3.8) is 0 Å². The Kier molecular flexibility index (Phi) is 4.58. The highest BCUT2D eigenvalue weighted by Gasteiger charge is 2.22. The zero-order valence-electron chi connectivity index (χ0n) is 10.8. The van der Waals surface area contributed by atoms with E-state index in [0.29, 0.717) is 13.2 Å². The first kappa shape index (κ1) is 13.3. The van der Waals surface area contributed by atoms with Crippen molar-refractivity contribution in [2.45, 2.75) is 31.9 Å². The van der Waals surface area contributed by atoms with Gasteiger partial charge >= 0.3 is 0 Å². The van der Waals surface area contributed by atoms with Gasteiger partial charge in [-0.2, -0.15) is 0 Å². The lowest BCUT2D eigenvalue weighted by atomic mass is 10.1. The molecule has 0 amide bonds. The van der Waals surface area contributed by atoms with Gasteiger partial charge in [-0.15, -0.1) is 0 Å². The van der Waals surface area contributed by atoms with Crippen molar-refractivity contribution in [1.82, 2.24) is 0 Å². The van der Waals surface area contributed by atoms with E-state index in [1.807, 2.05) is 19.1 Å². The van der Waals surface area contributed by atoms with Crippen LogP contribution in [0.25, 0.3) is 0 Å². The summed E-state index contributed by atoms with van der Waals surface area (Å²) in [6.45, 7) is 3.07. The molecule has 4 nitrogen and oxygen atoms in total. The van der Waals surface area contributed by atoms with Crippen LogP contribution in [0.1, 0.15) is 30.5 Å². The minimum atomic E-state index is -0.587. The van der Waals surface area contributed by atoms with Crippen LogP contribution in [0.15, 0.2) is 18.2 Å². The van der Waals surface area contributed by atoms with Gasteiger partial charge in [-0.05, 0) is 37.0 Å². The molecule has 2 unspecified atom stereocenters. The molecule has 0 saturated heterocycles. The van der Waals surface area contributed by atoms with Crippen molar-refractivity contribution in [2.75, 3.05) is 19.8 Å². The fourth-order valence-electron chi connectivity index (χ4n) is 2.28. The van der Waals surface area contributed by atoms with Gasteiger partial charge in [0, 0.05) is 12.6 Å². The third-order valence-corrected chi connectivity index (χ3v) is 3.22. The molecular formula is C14H21NO3. The standard InChI is InChI=1S/C14H21NO3/c1-2-17-8-10(16)9-18-14-5-3-4-11-12(14)6-7-13(11)15/h3-5,10,13,16H,2,6-9,15H2,1H3. The molecular weight excluding hydrogens is 230 g/mol. The van der Waals surface area contributed by atoms with Crippen molar-refractivity contribution in [3.05, 3.63) is 29.3 Å². The minimum Gasteiger partial charge on any atom is -0.491 e. The van der Waals surface area contributed by atoms with Gasteiger partial charge in [0.1, 0.15) is 18.5 Å². The van der Waals surface area contributed by atoms with E-state index in [9.17, 15) is 5.11 Å². The summed E-state index contributed by atoms with van der Waals surface area (Å²) in [5, 5.41) is 9.67. The van der Waals surface area contributed by atoms with Gasteiger partial charge in [0.15, 0.2) is 0 Å². The van der Waals surface area contributed by atoms with E-state index >= 15 is 0 Å². The maximum Gasteiger partial charge on any atom is 0.122 e. The highest BCUT2D eigenvalue weighted by atomic mass is 16.5. The zero-order valence-corrected chi connectivity index (χ0v) is 10.8. The maximum atomic E-state index is 9.67. The van der Waals surface area contributed by atoms with E-state index < -0.39 is 6.10 Å². The summed E-state index contributed by atoms with van der Waals surface area (Å²) in [6, 6.07) is 6.06. The number of nitrogens with two attached hydrogens (primary N) is 1. The number of aliphatic hydroxyl groups is 1. The molecule has 100 valence electrons. The number of ether oxygens (including phenoxy) is 2. The molecule has 0 saturated carbocycles. The first-order valence-electron chi connectivity index (χ1n) is 6.48. The average molecular weight is 251 g/mol. The van der Waals surface area contributed by atoms with E-state index in [0.717, 1.165) is 18.6 Å². The topological polar surface area (TPSA) is 64.7 Å². The SMILES string of the molecule is CCOCC(O)COc1cccc2c1CCC2N. The quantitative estimate of drug-likeness (QED) is 0.802. The summed E-state index contributed by atoms with van der Waals surface area (Å²) in [5.41, 5.74) is 8.37. The fourth-order valence-corrected chi connectivity index (χ4v) is 2.28. The second kappa shape index (κ2) is 6.18. The Hall–Kier alpha value is -1.10. The zero-order chi connectivity index (χ0) is 13.0. The Bertz CT molecular complexity index is 395. The Balaban J connectivity index is 1.94. The number of aliphatic hydroxyl groups excluding tert-OH is 1. The third-order valence-electron chi connectivity index (χ3n) is 3.22. The summed E-state index contributed by atoms with van der Waals surface area (Å²) in [7, 11) is 0. The molecule has 0 spiro atoms. The smallest absolute Gasteiger partial charge is 0.122 e. The molecule has 1 aromatic carbocycles. The normalized spacial score (nSPS) is 19.6. The summed E-state index contributed by atoms with van der Waals surface area (Å²) in [5.74, 6) is 0.844. The average Bonchev–Trinajstić information content (AvgIpc) is 2.76.